The number of fused-ring (bicyclic) bond motifs is 1. The molecule has 3 aromatic rings. The summed E-state index contributed by atoms with van der Waals surface area (Å²) in [7, 11) is 3.89. The highest BCUT2D eigenvalue weighted by Crippen LogP contribution is 2.16. The SMILES string of the molecule is CN(C)c1ccccc1C#CCNC(=O)c1cc2ccccc2oc1=O. The Kier molecular flexibility index (Phi) is 5.04. The Labute approximate surface area is 151 Å². The van der Waals surface area contributed by atoms with Crippen molar-refractivity contribution in [3.63, 3.8) is 0 Å². The number of para-hydroxylation sites is 2. The number of hydrogen-bond donors (Lipinski definition) is 1. The maximum atomic E-state index is 12.2. The summed E-state index contributed by atoms with van der Waals surface area (Å²) in [6.07, 6.45) is 0. The lowest BCUT2D eigenvalue weighted by molar-refractivity contribution is 0.0955. The molecule has 0 unspecified atom stereocenters. The molecule has 5 nitrogen and oxygen atoms in total. The van der Waals surface area contributed by atoms with Gasteiger partial charge in [0.1, 0.15) is 11.1 Å². The average molecular weight is 346 g/mol. The predicted octanol–water partition coefficient (Wildman–Crippen LogP) is 2.64. The number of hydrogen-bond acceptors (Lipinski definition) is 4. The molecule has 0 saturated heterocycles. The smallest absolute Gasteiger partial charge is 0.349 e. The van der Waals surface area contributed by atoms with Crippen molar-refractivity contribution in [3.05, 3.63) is 76.1 Å². The molecule has 0 spiro atoms. The summed E-state index contributed by atoms with van der Waals surface area (Å²) in [5.41, 5.74) is 1.64. The zero-order chi connectivity index (χ0) is 18.5. The first kappa shape index (κ1) is 17.3. The van der Waals surface area contributed by atoms with E-state index >= 15 is 0 Å². The quantitative estimate of drug-likeness (QED) is 0.585. The van der Waals surface area contributed by atoms with Crippen molar-refractivity contribution < 1.29 is 9.21 Å². The Morgan fingerprint density at radius 2 is 1.85 bits per heavy atom. The summed E-state index contributed by atoms with van der Waals surface area (Å²) in [4.78, 5) is 26.2. The van der Waals surface area contributed by atoms with Gasteiger partial charge in [-0.15, -0.1) is 0 Å². The molecule has 1 N–H and O–H groups in total. The number of rotatable bonds is 3. The van der Waals surface area contributed by atoms with Crippen LogP contribution in [-0.4, -0.2) is 26.5 Å². The molecule has 0 aliphatic heterocycles. The second-order valence-corrected chi connectivity index (χ2v) is 5.88. The third-order valence-corrected chi connectivity index (χ3v) is 3.83. The Balaban J connectivity index is 1.73. The van der Waals surface area contributed by atoms with Crippen LogP contribution in [-0.2, 0) is 0 Å². The lowest BCUT2D eigenvalue weighted by Gasteiger charge is -2.13. The molecule has 2 aromatic carbocycles. The molecule has 0 aliphatic carbocycles. The van der Waals surface area contributed by atoms with Gasteiger partial charge in [0.25, 0.3) is 5.91 Å². The minimum atomic E-state index is -0.660. The lowest BCUT2D eigenvalue weighted by atomic mass is 10.1. The van der Waals surface area contributed by atoms with Crippen LogP contribution >= 0.6 is 0 Å². The Bertz CT molecular complexity index is 1070. The van der Waals surface area contributed by atoms with Crippen LogP contribution in [0.2, 0.25) is 0 Å². The summed E-state index contributed by atoms with van der Waals surface area (Å²) >= 11 is 0. The van der Waals surface area contributed by atoms with Crippen molar-refractivity contribution in [2.75, 3.05) is 25.5 Å². The van der Waals surface area contributed by atoms with Crippen LogP contribution in [0.3, 0.4) is 0 Å². The molecule has 5 heteroatoms. The topological polar surface area (TPSA) is 62.6 Å². The van der Waals surface area contributed by atoms with E-state index in [1.807, 2.05) is 49.3 Å². The molecule has 0 fully saturated rings. The van der Waals surface area contributed by atoms with Gasteiger partial charge < -0.3 is 14.6 Å². The van der Waals surface area contributed by atoms with Crippen molar-refractivity contribution in [2.24, 2.45) is 0 Å². The molecule has 1 aromatic heterocycles. The Morgan fingerprint density at radius 1 is 1.12 bits per heavy atom. The number of nitrogens with zero attached hydrogens (tertiary/aromatic N) is 1. The number of amides is 1. The van der Waals surface area contributed by atoms with Gasteiger partial charge >= 0.3 is 5.63 Å². The van der Waals surface area contributed by atoms with Crippen LogP contribution in [0.5, 0.6) is 0 Å². The van der Waals surface area contributed by atoms with Gasteiger partial charge in [-0.05, 0) is 24.3 Å². The lowest BCUT2D eigenvalue weighted by Crippen LogP contribution is -2.28. The third kappa shape index (κ3) is 3.76. The monoisotopic (exact) mass is 346 g/mol. The van der Waals surface area contributed by atoms with Crippen LogP contribution < -0.4 is 15.8 Å². The van der Waals surface area contributed by atoms with Crippen LogP contribution in [0, 0.1) is 11.8 Å². The van der Waals surface area contributed by atoms with E-state index in [0.717, 1.165) is 11.3 Å². The van der Waals surface area contributed by atoms with Gasteiger partial charge in [-0.25, -0.2) is 4.79 Å². The van der Waals surface area contributed by atoms with E-state index < -0.39 is 11.5 Å². The fraction of sp³-hybridized carbons (Fsp3) is 0.143. The Morgan fingerprint density at radius 3 is 2.65 bits per heavy atom. The minimum absolute atomic E-state index is 0.0285. The van der Waals surface area contributed by atoms with E-state index in [-0.39, 0.29) is 12.1 Å². The normalized spacial score (nSPS) is 10.1. The first-order chi connectivity index (χ1) is 12.6. The summed E-state index contributed by atoms with van der Waals surface area (Å²) in [6, 6.07) is 16.3. The van der Waals surface area contributed by atoms with Crippen molar-refractivity contribution in [1.29, 1.82) is 0 Å². The zero-order valence-corrected chi connectivity index (χ0v) is 14.6. The van der Waals surface area contributed by atoms with E-state index in [1.165, 1.54) is 6.07 Å². The number of anilines is 1. The minimum Gasteiger partial charge on any atom is -0.422 e. The van der Waals surface area contributed by atoms with Gasteiger partial charge in [0.2, 0.25) is 0 Å². The van der Waals surface area contributed by atoms with Gasteiger partial charge in [-0.2, -0.15) is 0 Å². The number of nitrogens with one attached hydrogen (secondary N) is 1. The molecular weight excluding hydrogens is 328 g/mol. The molecule has 0 atom stereocenters. The highest BCUT2D eigenvalue weighted by molar-refractivity contribution is 5.96. The third-order valence-electron chi connectivity index (χ3n) is 3.83. The molecular formula is C21H18N2O3. The van der Waals surface area contributed by atoms with E-state index in [2.05, 4.69) is 17.2 Å². The maximum absolute atomic E-state index is 12.2. The summed E-state index contributed by atoms with van der Waals surface area (Å²) < 4.78 is 5.17. The predicted molar refractivity (Wildman–Crippen MR) is 102 cm³/mol. The van der Waals surface area contributed by atoms with Crippen LogP contribution in [0.15, 0.2) is 63.8 Å². The average Bonchev–Trinajstić information content (AvgIpc) is 2.64. The molecule has 1 amide bonds. The molecule has 1 heterocycles. The highest BCUT2D eigenvalue weighted by Gasteiger charge is 2.12. The molecule has 0 radical (unpaired) electrons. The standard InChI is InChI=1S/C21H18N2O3/c1-23(2)18-11-5-3-8-15(18)10-7-13-22-20(24)17-14-16-9-4-6-12-19(16)26-21(17)25/h3-6,8-9,11-12,14H,13H2,1-2H3,(H,22,24). The fourth-order valence-corrected chi connectivity index (χ4v) is 2.55. The van der Waals surface area contributed by atoms with Crippen LogP contribution in [0.1, 0.15) is 15.9 Å². The highest BCUT2D eigenvalue weighted by atomic mass is 16.4. The molecule has 130 valence electrons. The van der Waals surface area contributed by atoms with Gasteiger partial charge in [-0.1, -0.05) is 42.2 Å². The van der Waals surface area contributed by atoms with Crippen molar-refractivity contribution >= 4 is 22.6 Å². The van der Waals surface area contributed by atoms with Gasteiger partial charge in [0.05, 0.1) is 12.2 Å². The molecule has 26 heavy (non-hydrogen) atoms. The van der Waals surface area contributed by atoms with Crippen molar-refractivity contribution in [1.82, 2.24) is 5.32 Å². The van der Waals surface area contributed by atoms with Crippen molar-refractivity contribution in [2.45, 2.75) is 0 Å². The summed E-state index contributed by atoms with van der Waals surface area (Å²) in [5, 5.41) is 3.33. The second-order valence-electron chi connectivity index (χ2n) is 5.88. The van der Waals surface area contributed by atoms with E-state index in [9.17, 15) is 9.59 Å². The molecule has 0 bridgehead atoms. The fourth-order valence-electron chi connectivity index (χ4n) is 2.55. The van der Waals surface area contributed by atoms with E-state index in [1.54, 1.807) is 18.2 Å². The van der Waals surface area contributed by atoms with Crippen LogP contribution in [0.4, 0.5) is 5.69 Å². The van der Waals surface area contributed by atoms with Gasteiger partial charge in [0.15, 0.2) is 0 Å². The zero-order valence-electron chi connectivity index (χ0n) is 14.6. The van der Waals surface area contributed by atoms with E-state index in [0.29, 0.717) is 11.0 Å². The van der Waals surface area contributed by atoms with E-state index in [4.69, 9.17) is 4.42 Å². The van der Waals surface area contributed by atoms with Gasteiger partial charge in [-0.3, -0.25) is 4.79 Å². The molecule has 0 aliphatic rings. The van der Waals surface area contributed by atoms with Gasteiger partial charge in [0, 0.05) is 25.0 Å². The molecule has 0 saturated carbocycles. The number of carbonyl (C=O) groups excluding carboxylic acids is 1. The summed E-state index contributed by atoms with van der Waals surface area (Å²) in [5.74, 6) is 5.45. The molecule has 3 rings (SSSR count). The van der Waals surface area contributed by atoms with Crippen LogP contribution in [0.25, 0.3) is 11.0 Å². The number of carbonyl (C=O) groups is 1. The second kappa shape index (κ2) is 7.58. The first-order valence-corrected chi connectivity index (χ1v) is 8.12. The number of benzene rings is 2. The maximum Gasteiger partial charge on any atom is 0.349 e. The largest absolute Gasteiger partial charge is 0.422 e. The summed E-state index contributed by atoms with van der Waals surface area (Å²) in [6.45, 7) is 0.132. The Hall–Kier alpha value is -3.52. The first-order valence-electron chi connectivity index (χ1n) is 8.12. The van der Waals surface area contributed by atoms with Crippen molar-refractivity contribution in [3.8, 4) is 11.8 Å².